The summed E-state index contributed by atoms with van der Waals surface area (Å²) >= 11 is 1.90. The number of aromatic nitrogens is 2. The Morgan fingerprint density at radius 1 is 1.06 bits per heavy atom. The molecule has 1 fully saturated rings. The summed E-state index contributed by atoms with van der Waals surface area (Å²) < 4.78 is 2.43. The van der Waals surface area contributed by atoms with Crippen molar-refractivity contribution >= 4 is 16.9 Å². The van der Waals surface area contributed by atoms with Crippen LogP contribution >= 0.6 is 11.8 Å². The molecule has 0 radical (unpaired) electrons. The number of nitrogens with zero attached hydrogens (tertiary/aromatic N) is 4. The molecule has 0 amide bonds. The van der Waals surface area contributed by atoms with Gasteiger partial charge in [0.2, 0.25) is 0 Å². The summed E-state index contributed by atoms with van der Waals surface area (Å²) in [6.45, 7) is 11.2. The van der Waals surface area contributed by atoms with E-state index in [1.807, 2.05) is 24.0 Å². The van der Waals surface area contributed by atoms with Crippen molar-refractivity contribution in [1.29, 1.82) is 0 Å². The molecule has 5 rings (SSSR count). The zero-order chi connectivity index (χ0) is 21.7. The van der Waals surface area contributed by atoms with Crippen molar-refractivity contribution in [2.24, 2.45) is 4.99 Å². The van der Waals surface area contributed by atoms with E-state index >= 15 is 0 Å². The van der Waals surface area contributed by atoms with Crippen molar-refractivity contribution in [2.45, 2.75) is 59.2 Å². The Labute approximate surface area is 189 Å². The highest BCUT2D eigenvalue weighted by molar-refractivity contribution is 8.14. The number of rotatable bonds is 4. The van der Waals surface area contributed by atoms with Gasteiger partial charge in [-0.15, -0.1) is 0 Å². The lowest BCUT2D eigenvalue weighted by atomic mass is 9.95. The number of benzene rings is 1. The maximum atomic E-state index is 5.19. The van der Waals surface area contributed by atoms with Gasteiger partial charge in [-0.3, -0.25) is 9.98 Å². The molecule has 0 unspecified atom stereocenters. The number of aliphatic imine (C=N–C) groups is 1. The third-order valence-corrected chi connectivity index (χ3v) is 8.06. The summed E-state index contributed by atoms with van der Waals surface area (Å²) in [4.78, 5) is 12.5. The van der Waals surface area contributed by atoms with E-state index in [-0.39, 0.29) is 12.1 Å². The molecule has 1 aromatic carbocycles. The molecule has 3 atom stereocenters. The first-order valence-corrected chi connectivity index (χ1v) is 12.1. The summed E-state index contributed by atoms with van der Waals surface area (Å²) in [6, 6.07) is 15.9. The molecule has 2 aliphatic heterocycles. The summed E-state index contributed by atoms with van der Waals surface area (Å²) in [5.41, 5.74) is 8.94. The number of amidine groups is 1. The molecule has 31 heavy (non-hydrogen) atoms. The Morgan fingerprint density at radius 3 is 2.65 bits per heavy atom. The number of hydrogen-bond acceptors (Lipinski definition) is 4. The van der Waals surface area contributed by atoms with Crippen LogP contribution in [0.3, 0.4) is 0 Å². The van der Waals surface area contributed by atoms with Crippen LogP contribution in [0.5, 0.6) is 0 Å². The molecule has 2 aliphatic rings. The fraction of sp³-hybridized carbons (Fsp3) is 0.385. The van der Waals surface area contributed by atoms with Gasteiger partial charge in [0, 0.05) is 35.1 Å². The molecule has 0 spiro atoms. The van der Waals surface area contributed by atoms with E-state index in [9.17, 15) is 0 Å². The summed E-state index contributed by atoms with van der Waals surface area (Å²) in [5, 5.41) is 1.18. The average Bonchev–Trinajstić information content (AvgIpc) is 3.42. The van der Waals surface area contributed by atoms with Crippen LogP contribution in [0.15, 0.2) is 53.7 Å². The van der Waals surface area contributed by atoms with E-state index in [2.05, 4.69) is 80.5 Å². The van der Waals surface area contributed by atoms with Crippen LogP contribution in [-0.2, 0) is 0 Å². The number of pyridine rings is 1. The van der Waals surface area contributed by atoms with Crippen molar-refractivity contribution in [3.8, 4) is 5.69 Å². The smallest absolute Gasteiger partial charge is 0.160 e. The van der Waals surface area contributed by atoms with Crippen LogP contribution in [-0.4, -0.2) is 31.4 Å². The van der Waals surface area contributed by atoms with E-state index in [1.54, 1.807) is 0 Å². The molecule has 160 valence electrons. The van der Waals surface area contributed by atoms with Crippen LogP contribution in [0, 0.1) is 27.7 Å². The second-order valence-corrected chi connectivity index (χ2v) is 9.70. The van der Waals surface area contributed by atoms with Gasteiger partial charge in [0.05, 0.1) is 11.7 Å². The average molecular weight is 431 g/mol. The van der Waals surface area contributed by atoms with Gasteiger partial charge in [-0.1, -0.05) is 36.9 Å². The van der Waals surface area contributed by atoms with Crippen molar-refractivity contribution in [3.05, 3.63) is 82.4 Å². The molecule has 0 N–H and O–H groups in total. The highest BCUT2D eigenvalue weighted by atomic mass is 32.2. The van der Waals surface area contributed by atoms with Gasteiger partial charge in [0.25, 0.3) is 0 Å². The SMILES string of the molecule is CC[C@@H]1CSC2=N[C@H](c3ccccn3)[C@@H](c3cc(C)n(-c4cccc(C)c4C)c3C)N21. The van der Waals surface area contributed by atoms with Gasteiger partial charge in [0.15, 0.2) is 5.17 Å². The minimum Gasteiger partial charge on any atom is -0.338 e. The maximum Gasteiger partial charge on any atom is 0.160 e. The number of thioether (sulfide) groups is 1. The third kappa shape index (κ3) is 3.21. The zero-order valence-electron chi connectivity index (χ0n) is 19.0. The fourth-order valence-corrected chi connectivity index (χ4v) is 6.46. The second-order valence-electron chi connectivity index (χ2n) is 8.72. The largest absolute Gasteiger partial charge is 0.338 e. The van der Waals surface area contributed by atoms with Crippen LogP contribution < -0.4 is 0 Å². The molecule has 0 aliphatic carbocycles. The Balaban J connectivity index is 1.66. The van der Waals surface area contributed by atoms with Crippen molar-refractivity contribution in [1.82, 2.24) is 14.5 Å². The van der Waals surface area contributed by atoms with Crippen LogP contribution in [0.1, 0.15) is 59.2 Å². The Bertz CT molecular complexity index is 1150. The van der Waals surface area contributed by atoms with Crippen LogP contribution in [0.4, 0.5) is 0 Å². The lowest BCUT2D eigenvalue weighted by molar-refractivity contribution is 0.254. The van der Waals surface area contributed by atoms with Crippen LogP contribution in [0.25, 0.3) is 5.69 Å². The third-order valence-electron chi connectivity index (χ3n) is 6.94. The molecule has 0 bridgehead atoms. The van der Waals surface area contributed by atoms with E-state index < -0.39 is 0 Å². The fourth-order valence-electron chi connectivity index (χ4n) is 5.12. The lowest BCUT2D eigenvalue weighted by Crippen LogP contribution is -2.35. The monoisotopic (exact) mass is 430 g/mol. The number of hydrogen-bond donors (Lipinski definition) is 0. The van der Waals surface area contributed by atoms with Crippen molar-refractivity contribution < 1.29 is 0 Å². The lowest BCUT2D eigenvalue weighted by Gasteiger charge is -2.32. The molecule has 3 aromatic rings. The number of fused-ring (bicyclic) bond motifs is 1. The van der Waals surface area contributed by atoms with E-state index in [4.69, 9.17) is 9.98 Å². The molecule has 0 saturated carbocycles. The molecule has 2 aromatic heterocycles. The van der Waals surface area contributed by atoms with Crippen LogP contribution in [0.2, 0.25) is 0 Å². The molecule has 1 saturated heterocycles. The standard InChI is InChI=1S/C26H30N4S/c1-6-20-15-31-26-28-24(22-11-7-8-13-27-22)25(30(20)26)21-14-17(3)29(19(21)5)23-12-9-10-16(2)18(23)4/h7-14,20,24-25H,6,15H2,1-5H3/t20-,24-,25-/m1/s1. The molecular formula is C26H30N4S. The molecule has 4 nitrogen and oxygen atoms in total. The first-order valence-electron chi connectivity index (χ1n) is 11.2. The summed E-state index contributed by atoms with van der Waals surface area (Å²) in [7, 11) is 0. The van der Waals surface area contributed by atoms with E-state index in [1.165, 1.54) is 38.9 Å². The molecule has 4 heterocycles. The quantitative estimate of drug-likeness (QED) is 0.502. The maximum absolute atomic E-state index is 5.19. The Morgan fingerprint density at radius 2 is 1.90 bits per heavy atom. The normalized spacial score (nSPS) is 22.7. The number of aryl methyl sites for hydroxylation is 2. The van der Waals surface area contributed by atoms with Gasteiger partial charge in [-0.25, -0.2) is 0 Å². The summed E-state index contributed by atoms with van der Waals surface area (Å²) in [6.07, 6.45) is 3.02. The van der Waals surface area contributed by atoms with Crippen molar-refractivity contribution in [2.75, 3.05) is 5.75 Å². The predicted octanol–water partition coefficient (Wildman–Crippen LogP) is 6.09. The molecule has 5 heteroatoms. The van der Waals surface area contributed by atoms with Gasteiger partial charge in [-0.05, 0) is 75.1 Å². The zero-order valence-corrected chi connectivity index (χ0v) is 19.8. The minimum absolute atomic E-state index is 0.0330. The van der Waals surface area contributed by atoms with Gasteiger partial charge in [-0.2, -0.15) is 0 Å². The van der Waals surface area contributed by atoms with Gasteiger partial charge < -0.3 is 9.47 Å². The molecular weight excluding hydrogens is 400 g/mol. The first-order chi connectivity index (χ1) is 15.0. The van der Waals surface area contributed by atoms with E-state index in [0.717, 1.165) is 17.9 Å². The Kier molecular flexibility index (Phi) is 5.17. The van der Waals surface area contributed by atoms with E-state index in [0.29, 0.717) is 6.04 Å². The van der Waals surface area contributed by atoms with Gasteiger partial charge in [0.1, 0.15) is 6.04 Å². The predicted molar refractivity (Wildman–Crippen MR) is 130 cm³/mol. The second kappa shape index (κ2) is 7.86. The minimum atomic E-state index is 0.0330. The first kappa shape index (κ1) is 20.4. The highest BCUT2D eigenvalue weighted by Crippen LogP contribution is 2.49. The topological polar surface area (TPSA) is 33.4 Å². The summed E-state index contributed by atoms with van der Waals surface area (Å²) in [5.74, 6) is 1.12. The van der Waals surface area contributed by atoms with Crippen molar-refractivity contribution in [3.63, 3.8) is 0 Å². The Hall–Kier alpha value is -2.53. The highest BCUT2D eigenvalue weighted by Gasteiger charge is 2.46. The van der Waals surface area contributed by atoms with Gasteiger partial charge >= 0.3 is 0 Å².